The van der Waals surface area contributed by atoms with Crippen LogP contribution in [0.25, 0.3) is 0 Å². The first-order valence-corrected chi connectivity index (χ1v) is 10.6. The van der Waals surface area contributed by atoms with Crippen molar-refractivity contribution in [2.75, 3.05) is 25.0 Å². The first-order valence-electron chi connectivity index (χ1n) is 10.6. The Labute approximate surface area is 172 Å². The van der Waals surface area contributed by atoms with Crippen molar-refractivity contribution in [3.05, 3.63) is 64.7 Å². The van der Waals surface area contributed by atoms with Gasteiger partial charge in [-0.15, -0.1) is 0 Å². The summed E-state index contributed by atoms with van der Waals surface area (Å²) in [7, 11) is 0. The molecule has 0 bridgehead atoms. The normalized spacial score (nSPS) is 18.2. The molecule has 1 fully saturated rings. The number of nitrogens with zero attached hydrogens (tertiary/aromatic N) is 1. The Morgan fingerprint density at radius 3 is 2.66 bits per heavy atom. The highest BCUT2D eigenvalue weighted by atomic mass is 16.2. The molecule has 0 radical (unpaired) electrons. The number of aryl methyl sites for hydroxylation is 2. The van der Waals surface area contributed by atoms with Crippen LogP contribution in [0.5, 0.6) is 0 Å². The molecule has 0 spiro atoms. The van der Waals surface area contributed by atoms with Crippen molar-refractivity contribution in [3.63, 3.8) is 0 Å². The Kier molecular flexibility index (Phi) is 5.84. The molecular weight excluding hydrogens is 362 g/mol. The van der Waals surface area contributed by atoms with Gasteiger partial charge >= 0.3 is 0 Å². The molecule has 0 saturated carbocycles. The molecule has 1 atom stereocenters. The second-order valence-electron chi connectivity index (χ2n) is 8.09. The van der Waals surface area contributed by atoms with Crippen LogP contribution in [0.15, 0.2) is 42.5 Å². The number of likely N-dealkylation sites (tertiary alicyclic amines) is 1. The topological polar surface area (TPSA) is 61.4 Å². The van der Waals surface area contributed by atoms with Gasteiger partial charge in [0.15, 0.2) is 0 Å². The predicted molar refractivity (Wildman–Crippen MR) is 115 cm³/mol. The van der Waals surface area contributed by atoms with Crippen LogP contribution in [0, 0.1) is 6.92 Å². The third kappa shape index (κ3) is 4.44. The Balaban J connectivity index is 1.34. The molecule has 1 aliphatic heterocycles. The zero-order valence-corrected chi connectivity index (χ0v) is 17.0. The second kappa shape index (κ2) is 8.68. The molecule has 2 aliphatic rings. The van der Waals surface area contributed by atoms with Crippen molar-refractivity contribution < 1.29 is 9.59 Å². The zero-order chi connectivity index (χ0) is 20.2. The van der Waals surface area contributed by atoms with Crippen LogP contribution in [-0.4, -0.2) is 36.3 Å². The first kappa shape index (κ1) is 19.5. The van der Waals surface area contributed by atoms with Crippen molar-refractivity contribution in [1.82, 2.24) is 10.2 Å². The molecule has 4 rings (SSSR count). The summed E-state index contributed by atoms with van der Waals surface area (Å²) >= 11 is 0. The van der Waals surface area contributed by atoms with E-state index in [1.54, 1.807) is 0 Å². The van der Waals surface area contributed by atoms with E-state index in [1.165, 1.54) is 11.1 Å². The van der Waals surface area contributed by atoms with E-state index in [0.717, 1.165) is 62.0 Å². The summed E-state index contributed by atoms with van der Waals surface area (Å²) in [4.78, 5) is 27.0. The van der Waals surface area contributed by atoms with E-state index in [2.05, 4.69) is 28.8 Å². The highest BCUT2D eigenvalue weighted by Crippen LogP contribution is 2.29. The van der Waals surface area contributed by atoms with Crippen molar-refractivity contribution in [2.24, 2.45) is 0 Å². The van der Waals surface area contributed by atoms with Crippen molar-refractivity contribution in [1.29, 1.82) is 0 Å². The lowest BCUT2D eigenvalue weighted by atomic mass is 9.88. The zero-order valence-electron chi connectivity index (χ0n) is 17.0. The average molecular weight is 392 g/mol. The second-order valence-corrected chi connectivity index (χ2v) is 8.09. The molecule has 0 aromatic heterocycles. The maximum atomic E-state index is 12.5. The van der Waals surface area contributed by atoms with Crippen LogP contribution in [0.4, 0.5) is 5.69 Å². The van der Waals surface area contributed by atoms with E-state index in [-0.39, 0.29) is 24.4 Å². The highest BCUT2D eigenvalue weighted by Gasteiger charge is 2.22. The van der Waals surface area contributed by atoms with E-state index in [0.29, 0.717) is 0 Å². The Morgan fingerprint density at radius 2 is 1.86 bits per heavy atom. The number of amides is 2. The lowest BCUT2D eigenvalue weighted by Crippen LogP contribution is -2.35. The number of hydrogen-bond donors (Lipinski definition) is 2. The summed E-state index contributed by atoms with van der Waals surface area (Å²) in [5.74, 6) is 0.0918. The van der Waals surface area contributed by atoms with Crippen LogP contribution >= 0.6 is 0 Å². The standard InChI is InChI=1S/C24H29N3O2/c1-17-15-19(24(29)27-13-4-5-14-27)11-12-21(17)25-16-23(28)26-22-10-6-8-18-7-2-3-9-20(18)22/h2-3,7,9,11-12,15,22,25H,4-6,8,10,13-14,16H2,1H3,(H,26,28). The number of anilines is 1. The van der Waals surface area contributed by atoms with Gasteiger partial charge in [-0.25, -0.2) is 0 Å². The molecule has 5 nitrogen and oxygen atoms in total. The molecule has 2 aromatic rings. The van der Waals surface area contributed by atoms with Gasteiger partial charge in [0, 0.05) is 24.3 Å². The van der Waals surface area contributed by atoms with Crippen molar-refractivity contribution in [3.8, 4) is 0 Å². The highest BCUT2D eigenvalue weighted by molar-refractivity contribution is 5.95. The summed E-state index contributed by atoms with van der Waals surface area (Å²) in [6.45, 7) is 3.89. The quantitative estimate of drug-likeness (QED) is 0.814. The molecule has 2 N–H and O–H groups in total. The van der Waals surface area contributed by atoms with E-state index in [9.17, 15) is 9.59 Å². The molecule has 29 heavy (non-hydrogen) atoms. The summed E-state index contributed by atoms with van der Waals surface area (Å²) in [5.41, 5.74) is 5.17. The molecule has 1 aliphatic carbocycles. The molecule has 152 valence electrons. The van der Waals surface area contributed by atoms with Gasteiger partial charge in [0.05, 0.1) is 12.6 Å². The fraction of sp³-hybridized carbons (Fsp3) is 0.417. The van der Waals surface area contributed by atoms with E-state index < -0.39 is 0 Å². The number of benzene rings is 2. The number of carbonyl (C=O) groups is 2. The Hall–Kier alpha value is -2.82. The van der Waals surface area contributed by atoms with Crippen LogP contribution in [0.1, 0.15) is 58.8 Å². The molecule has 1 heterocycles. The number of nitrogens with one attached hydrogen (secondary N) is 2. The van der Waals surface area contributed by atoms with Crippen molar-refractivity contribution in [2.45, 2.75) is 45.1 Å². The van der Waals surface area contributed by atoms with Crippen LogP contribution in [0.2, 0.25) is 0 Å². The number of fused-ring (bicyclic) bond motifs is 1. The van der Waals surface area contributed by atoms with Gasteiger partial charge in [-0.2, -0.15) is 0 Å². The van der Waals surface area contributed by atoms with Crippen LogP contribution in [0.3, 0.4) is 0 Å². The summed E-state index contributed by atoms with van der Waals surface area (Å²) < 4.78 is 0. The number of hydrogen-bond acceptors (Lipinski definition) is 3. The van der Waals surface area contributed by atoms with Crippen molar-refractivity contribution >= 4 is 17.5 Å². The Morgan fingerprint density at radius 1 is 1.07 bits per heavy atom. The maximum absolute atomic E-state index is 12.5. The van der Waals surface area contributed by atoms with Gasteiger partial charge in [-0.05, 0) is 73.9 Å². The van der Waals surface area contributed by atoms with Crippen LogP contribution < -0.4 is 10.6 Å². The molecule has 2 aromatic carbocycles. The van der Waals surface area contributed by atoms with Gasteiger partial charge < -0.3 is 15.5 Å². The van der Waals surface area contributed by atoms with Gasteiger partial charge in [-0.3, -0.25) is 9.59 Å². The molecule has 1 saturated heterocycles. The predicted octanol–water partition coefficient (Wildman–Crippen LogP) is 3.84. The van der Waals surface area contributed by atoms with E-state index >= 15 is 0 Å². The fourth-order valence-corrected chi connectivity index (χ4v) is 4.42. The third-order valence-corrected chi connectivity index (χ3v) is 6.01. The van der Waals surface area contributed by atoms with Crippen LogP contribution in [-0.2, 0) is 11.2 Å². The molecular formula is C24H29N3O2. The smallest absolute Gasteiger partial charge is 0.253 e. The SMILES string of the molecule is Cc1cc(C(=O)N2CCCC2)ccc1NCC(=O)NC1CCCc2ccccc21. The maximum Gasteiger partial charge on any atom is 0.253 e. The van der Waals surface area contributed by atoms with E-state index in [4.69, 9.17) is 0 Å². The molecule has 5 heteroatoms. The van der Waals surface area contributed by atoms with Gasteiger partial charge in [-0.1, -0.05) is 24.3 Å². The lowest BCUT2D eigenvalue weighted by molar-refractivity contribution is -0.120. The van der Waals surface area contributed by atoms with Gasteiger partial charge in [0.1, 0.15) is 0 Å². The average Bonchev–Trinajstić information content (AvgIpc) is 3.27. The molecule has 2 amide bonds. The minimum Gasteiger partial charge on any atom is -0.376 e. The minimum absolute atomic E-state index is 0.0108. The van der Waals surface area contributed by atoms with Gasteiger partial charge in [0.25, 0.3) is 5.91 Å². The lowest BCUT2D eigenvalue weighted by Gasteiger charge is -2.26. The summed E-state index contributed by atoms with van der Waals surface area (Å²) in [6, 6.07) is 14.1. The monoisotopic (exact) mass is 391 g/mol. The largest absolute Gasteiger partial charge is 0.376 e. The minimum atomic E-state index is -0.0108. The number of rotatable bonds is 5. The summed E-state index contributed by atoms with van der Waals surface area (Å²) in [5, 5.41) is 6.39. The Bertz CT molecular complexity index is 903. The first-order chi connectivity index (χ1) is 14.1. The third-order valence-electron chi connectivity index (χ3n) is 6.01. The summed E-state index contributed by atoms with van der Waals surface area (Å²) in [6.07, 6.45) is 5.34. The number of carbonyl (C=O) groups excluding carboxylic acids is 2. The van der Waals surface area contributed by atoms with E-state index in [1.807, 2.05) is 36.1 Å². The van der Waals surface area contributed by atoms with Gasteiger partial charge in [0.2, 0.25) is 5.91 Å². The molecule has 1 unspecified atom stereocenters. The fourth-order valence-electron chi connectivity index (χ4n) is 4.42.